The Hall–Kier alpha value is -1.85. The number of rotatable bonds is 7. The largest absolute Gasteiger partial charge is 0.352 e. The first-order chi connectivity index (χ1) is 13.1. The predicted octanol–water partition coefficient (Wildman–Crippen LogP) is 4.22. The summed E-state index contributed by atoms with van der Waals surface area (Å²) in [5.74, 6) is -0.147. The molecule has 5 nitrogen and oxygen atoms in total. The van der Waals surface area contributed by atoms with Gasteiger partial charge in [-0.3, -0.25) is 4.79 Å². The first-order valence-electron chi connectivity index (χ1n) is 9.90. The first-order valence-corrected chi connectivity index (χ1v) is 10.3. The number of nitrogens with one attached hydrogen (secondary N) is 1. The molecule has 6 heteroatoms. The summed E-state index contributed by atoms with van der Waals surface area (Å²) in [5.41, 5.74) is 1.95. The summed E-state index contributed by atoms with van der Waals surface area (Å²) in [6, 6.07) is 10.3. The number of likely N-dealkylation sites (tertiary alicyclic amines) is 1. The lowest BCUT2D eigenvalue weighted by Gasteiger charge is -2.33. The summed E-state index contributed by atoms with van der Waals surface area (Å²) in [7, 11) is 0. The standard InChI is InChI=1S/C21H29ClN4O/c1-16-10-6-8-14-25(16)15-9-7-13-23-21(27)19-17(2)24-26(20(19)22)18-11-4-3-5-12-18/h3-5,11-12,16H,6-10,13-15H2,1-2H3,(H,23,27). The molecular formula is C21H29ClN4O. The van der Waals surface area contributed by atoms with Crippen LogP contribution in [0, 0.1) is 6.92 Å². The van der Waals surface area contributed by atoms with E-state index >= 15 is 0 Å². The molecule has 146 valence electrons. The van der Waals surface area contributed by atoms with E-state index in [1.165, 1.54) is 25.8 Å². The highest BCUT2D eigenvalue weighted by atomic mass is 35.5. The van der Waals surface area contributed by atoms with E-state index in [0.717, 1.165) is 25.1 Å². The van der Waals surface area contributed by atoms with Gasteiger partial charge in [0, 0.05) is 12.6 Å². The molecular weight excluding hydrogens is 360 g/mol. The lowest BCUT2D eigenvalue weighted by atomic mass is 10.0. The van der Waals surface area contributed by atoms with Crippen molar-refractivity contribution < 1.29 is 4.79 Å². The minimum Gasteiger partial charge on any atom is -0.352 e. The SMILES string of the molecule is Cc1nn(-c2ccccc2)c(Cl)c1C(=O)NCCCCN1CCCCC1C. The molecule has 27 heavy (non-hydrogen) atoms. The van der Waals surface area contributed by atoms with Gasteiger partial charge >= 0.3 is 0 Å². The number of nitrogens with zero attached hydrogens (tertiary/aromatic N) is 3. The second-order valence-corrected chi connectivity index (χ2v) is 7.70. The molecule has 1 saturated heterocycles. The van der Waals surface area contributed by atoms with Crippen molar-refractivity contribution in [3.63, 3.8) is 0 Å². The number of halogens is 1. The van der Waals surface area contributed by atoms with Gasteiger partial charge in [-0.25, -0.2) is 4.68 Å². The number of unbranched alkanes of at least 4 members (excludes halogenated alkanes) is 1. The average molecular weight is 389 g/mol. The van der Waals surface area contributed by atoms with Gasteiger partial charge in [0.1, 0.15) is 5.15 Å². The van der Waals surface area contributed by atoms with E-state index in [-0.39, 0.29) is 5.91 Å². The number of amides is 1. The molecule has 1 aromatic carbocycles. The highest BCUT2D eigenvalue weighted by Crippen LogP contribution is 2.23. The van der Waals surface area contributed by atoms with Gasteiger partial charge in [-0.05, 0) is 64.8 Å². The molecule has 0 radical (unpaired) electrons. The maximum absolute atomic E-state index is 12.6. The van der Waals surface area contributed by atoms with Gasteiger partial charge in [0.15, 0.2) is 0 Å². The highest BCUT2D eigenvalue weighted by molar-refractivity contribution is 6.33. The fraction of sp³-hybridized carbons (Fsp3) is 0.524. The third-order valence-corrected chi connectivity index (χ3v) is 5.68. The minimum atomic E-state index is -0.147. The molecule has 2 heterocycles. The summed E-state index contributed by atoms with van der Waals surface area (Å²) >= 11 is 6.45. The summed E-state index contributed by atoms with van der Waals surface area (Å²) in [6.07, 6.45) is 6.04. The molecule has 1 fully saturated rings. The van der Waals surface area contributed by atoms with E-state index in [2.05, 4.69) is 22.2 Å². The van der Waals surface area contributed by atoms with Crippen molar-refractivity contribution in [2.24, 2.45) is 0 Å². The smallest absolute Gasteiger partial charge is 0.256 e. The van der Waals surface area contributed by atoms with Crippen LogP contribution in [0.3, 0.4) is 0 Å². The number of hydrogen-bond acceptors (Lipinski definition) is 3. The number of carbonyl (C=O) groups is 1. The van der Waals surface area contributed by atoms with Crippen LogP contribution in [-0.2, 0) is 0 Å². The maximum atomic E-state index is 12.6. The van der Waals surface area contributed by atoms with Gasteiger partial charge in [-0.15, -0.1) is 0 Å². The van der Waals surface area contributed by atoms with Crippen molar-refractivity contribution in [3.05, 3.63) is 46.7 Å². The number of carbonyl (C=O) groups excluding carboxylic acids is 1. The van der Waals surface area contributed by atoms with Crippen LogP contribution in [0.25, 0.3) is 5.69 Å². The zero-order chi connectivity index (χ0) is 19.2. The number of aromatic nitrogens is 2. The van der Waals surface area contributed by atoms with E-state index in [4.69, 9.17) is 11.6 Å². The quantitative estimate of drug-likeness (QED) is 0.722. The van der Waals surface area contributed by atoms with Crippen molar-refractivity contribution in [3.8, 4) is 5.69 Å². The normalized spacial score (nSPS) is 17.8. The van der Waals surface area contributed by atoms with Gasteiger partial charge in [0.25, 0.3) is 5.91 Å². The van der Waals surface area contributed by atoms with Crippen LogP contribution < -0.4 is 5.32 Å². The Kier molecular flexibility index (Phi) is 6.91. The molecule has 1 amide bonds. The van der Waals surface area contributed by atoms with Gasteiger partial charge in [-0.1, -0.05) is 36.2 Å². The van der Waals surface area contributed by atoms with Crippen LogP contribution in [0.15, 0.2) is 30.3 Å². The number of hydrogen-bond donors (Lipinski definition) is 1. The molecule has 1 aliphatic heterocycles. The maximum Gasteiger partial charge on any atom is 0.256 e. The average Bonchev–Trinajstić information content (AvgIpc) is 2.98. The zero-order valence-corrected chi connectivity index (χ0v) is 17.0. The summed E-state index contributed by atoms with van der Waals surface area (Å²) in [6.45, 7) is 7.12. The molecule has 0 saturated carbocycles. The van der Waals surface area contributed by atoms with Crippen LogP contribution >= 0.6 is 11.6 Å². The second kappa shape index (κ2) is 9.38. The van der Waals surface area contributed by atoms with E-state index in [1.54, 1.807) is 4.68 Å². The second-order valence-electron chi connectivity index (χ2n) is 7.34. The van der Waals surface area contributed by atoms with Crippen LogP contribution in [-0.4, -0.2) is 46.3 Å². The lowest BCUT2D eigenvalue weighted by Crippen LogP contribution is -2.38. The molecule has 0 aliphatic carbocycles. The van der Waals surface area contributed by atoms with E-state index in [9.17, 15) is 4.79 Å². The number of para-hydroxylation sites is 1. The summed E-state index contributed by atoms with van der Waals surface area (Å²) < 4.78 is 1.61. The van der Waals surface area contributed by atoms with E-state index in [0.29, 0.717) is 29.0 Å². The fourth-order valence-corrected chi connectivity index (χ4v) is 4.08. The molecule has 0 bridgehead atoms. The molecule has 0 spiro atoms. The Morgan fingerprint density at radius 1 is 1.26 bits per heavy atom. The van der Waals surface area contributed by atoms with E-state index in [1.807, 2.05) is 37.3 Å². The van der Waals surface area contributed by atoms with Crippen LogP contribution in [0.1, 0.15) is 55.1 Å². The van der Waals surface area contributed by atoms with Crippen molar-refractivity contribution in [2.45, 2.75) is 52.0 Å². The Balaban J connectivity index is 1.50. The Labute approximate surface area is 166 Å². The monoisotopic (exact) mass is 388 g/mol. The van der Waals surface area contributed by atoms with Gasteiger partial charge in [0.2, 0.25) is 0 Å². The topological polar surface area (TPSA) is 50.2 Å². The van der Waals surface area contributed by atoms with Gasteiger partial charge in [0.05, 0.1) is 16.9 Å². The van der Waals surface area contributed by atoms with Gasteiger partial charge < -0.3 is 10.2 Å². The molecule has 1 aliphatic rings. The molecule has 1 N–H and O–H groups in total. The summed E-state index contributed by atoms with van der Waals surface area (Å²) in [5, 5.41) is 7.79. The third kappa shape index (κ3) is 4.90. The molecule has 3 rings (SSSR count). The number of aryl methyl sites for hydroxylation is 1. The van der Waals surface area contributed by atoms with Crippen molar-refractivity contribution >= 4 is 17.5 Å². The van der Waals surface area contributed by atoms with Crippen molar-refractivity contribution in [1.82, 2.24) is 20.0 Å². The van der Waals surface area contributed by atoms with Crippen LogP contribution in [0.4, 0.5) is 0 Å². The van der Waals surface area contributed by atoms with Gasteiger partial charge in [-0.2, -0.15) is 5.10 Å². The fourth-order valence-electron chi connectivity index (χ4n) is 3.72. The van der Waals surface area contributed by atoms with Crippen LogP contribution in [0.2, 0.25) is 5.15 Å². The Morgan fingerprint density at radius 2 is 2.04 bits per heavy atom. The third-order valence-electron chi connectivity index (χ3n) is 5.33. The van der Waals surface area contributed by atoms with E-state index < -0.39 is 0 Å². The minimum absolute atomic E-state index is 0.147. The van der Waals surface area contributed by atoms with Crippen LogP contribution in [0.5, 0.6) is 0 Å². The summed E-state index contributed by atoms with van der Waals surface area (Å²) in [4.78, 5) is 15.2. The molecule has 2 aromatic rings. The van der Waals surface area contributed by atoms with Crippen molar-refractivity contribution in [2.75, 3.05) is 19.6 Å². The zero-order valence-electron chi connectivity index (χ0n) is 16.2. The molecule has 1 atom stereocenters. The number of benzene rings is 1. The number of piperidine rings is 1. The highest BCUT2D eigenvalue weighted by Gasteiger charge is 2.21. The van der Waals surface area contributed by atoms with Crippen molar-refractivity contribution in [1.29, 1.82) is 0 Å². The first kappa shape index (κ1) is 19.9. The Morgan fingerprint density at radius 3 is 2.78 bits per heavy atom. The predicted molar refractivity (Wildman–Crippen MR) is 110 cm³/mol. The molecule has 1 unspecified atom stereocenters. The Bertz CT molecular complexity index is 759. The molecule has 1 aromatic heterocycles. The lowest BCUT2D eigenvalue weighted by molar-refractivity contribution is 0.0951.